The Morgan fingerprint density at radius 1 is 0.944 bits per heavy atom. The number of ketones is 1. The molecule has 1 aliphatic rings. The second-order valence-electron chi connectivity index (χ2n) is 8.93. The summed E-state index contributed by atoms with van der Waals surface area (Å²) in [5, 5.41) is 2.77. The number of carbonyl (C=O) groups is 3. The minimum absolute atomic E-state index is 0.211. The number of amides is 1. The van der Waals surface area contributed by atoms with Crippen LogP contribution in [0.1, 0.15) is 67.8 Å². The molecule has 2 aromatic rings. The molecule has 0 unspecified atom stereocenters. The summed E-state index contributed by atoms with van der Waals surface area (Å²) in [4.78, 5) is 37.5. The maximum Gasteiger partial charge on any atom is 0.342 e. The highest BCUT2D eigenvalue weighted by atomic mass is 16.5. The third kappa shape index (κ3) is 8.00. The summed E-state index contributed by atoms with van der Waals surface area (Å²) >= 11 is 0. The summed E-state index contributed by atoms with van der Waals surface area (Å²) in [6.07, 6.45) is 5.20. The van der Waals surface area contributed by atoms with Crippen molar-refractivity contribution in [1.29, 1.82) is 0 Å². The second-order valence-corrected chi connectivity index (χ2v) is 8.93. The maximum atomic E-state index is 13.1. The van der Waals surface area contributed by atoms with Gasteiger partial charge in [-0.2, -0.15) is 0 Å². The van der Waals surface area contributed by atoms with Crippen LogP contribution in [0, 0.1) is 0 Å². The number of aryl methyl sites for hydroxylation is 1. The fraction of sp³-hybridized carbons (Fsp3) is 0.464. The van der Waals surface area contributed by atoms with Gasteiger partial charge >= 0.3 is 5.97 Å². The van der Waals surface area contributed by atoms with E-state index in [2.05, 4.69) is 5.32 Å². The van der Waals surface area contributed by atoms with Crippen molar-refractivity contribution >= 4 is 23.3 Å². The average Bonchev–Trinajstić information content (AvgIpc) is 2.86. The summed E-state index contributed by atoms with van der Waals surface area (Å²) in [6.45, 7) is 1.62. The highest BCUT2D eigenvalue weighted by molar-refractivity contribution is 5.95. The number of methoxy groups -OCH3 is 2. The molecular weight excluding hydrogens is 462 g/mol. The number of benzene rings is 2. The monoisotopic (exact) mass is 497 g/mol. The molecule has 8 heteroatoms. The molecule has 0 bridgehead atoms. The van der Waals surface area contributed by atoms with Crippen LogP contribution in [-0.2, 0) is 20.7 Å². The molecule has 194 valence electrons. The number of rotatable bonds is 6. The molecule has 0 fully saturated rings. The number of Topliss-reactive ketones (excluding diaryl/α,β-unsaturated/α-hetero) is 1. The van der Waals surface area contributed by atoms with E-state index in [0.29, 0.717) is 60.6 Å². The van der Waals surface area contributed by atoms with Crippen LogP contribution in [0.15, 0.2) is 36.4 Å². The van der Waals surface area contributed by atoms with Gasteiger partial charge in [0.15, 0.2) is 6.61 Å². The summed E-state index contributed by atoms with van der Waals surface area (Å²) in [6, 6.07) is 10.4. The van der Waals surface area contributed by atoms with E-state index in [1.807, 2.05) is 6.92 Å². The topological polar surface area (TPSA) is 100 Å². The zero-order valence-electron chi connectivity index (χ0n) is 21.3. The first-order valence-corrected chi connectivity index (χ1v) is 12.4. The fourth-order valence-electron chi connectivity index (χ4n) is 4.17. The van der Waals surface area contributed by atoms with Gasteiger partial charge in [0.1, 0.15) is 28.6 Å². The standard InChI is InChI=1S/C28H35NO7/c1-19-8-7-11-22(30)10-6-4-5-9-20-16-24(17-25(34-3)27(20)28(32)36-19)35-18-26(31)29-21-12-14-23(33-2)15-13-21/h12-17,19H,4-11,18H2,1-3H3,(H,29,31)/t19-/m0/s1. The minimum Gasteiger partial charge on any atom is -0.497 e. The van der Waals surface area contributed by atoms with Gasteiger partial charge in [-0.3, -0.25) is 9.59 Å². The van der Waals surface area contributed by atoms with Crippen molar-refractivity contribution in [2.24, 2.45) is 0 Å². The van der Waals surface area contributed by atoms with E-state index in [1.54, 1.807) is 43.5 Å². The van der Waals surface area contributed by atoms with Crippen molar-refractivity contribution in [1.82, 2.24) is 0 Å². The smallest absolute Gasteiger partial charge is 0.342 e. The van der Waals surface area contributed by atoms with Crippen LogP contribution in [0.2, 0.25) is 0 Å². The zero-order valence-corrected chi connectivity index (χ0v) is 21.3. The molecule has 3 rings (SSSR count). The van der Waals surface area contributed by atoms with Gasteiger partial charge in [-0.15, -0.1) is 0 Å². The number of hydrogen-bond acceptors (Lipinski definition) is 7. The SMILES string of the molecule is COc1ccc(NC(=O)COc2cc3c(c(OC)c2)C(=O)O[C@@H](C)CCCC(=O)CCCCC3)cc1. The Balaban J connectivity index is 1.74. The molecule has 1 aliphatic heterocycles. The Kier molecular flexibility index (Phi) is 10.2. The van der Waals surface area contributed by atoms with Crippen molar-refractivity contribution in [3.8, 4) is 17.2 Å². The first-order valence-electron chi connectivity index (χ1n) is 12.4. The van der Waals surface area contributed by atoms with Crippen LogP contribution < -0.4 is 19.5 Å². The number of hydrogen-bond donors (Lipinski definition) is 1. The van der Waals surface area contributed by atoms with Crippen LogP contribution >= 0.6 is 0 Å². The molecular formula is C28H35NO7. The average molecular weight is 498 g/mol. The van der Waals surface area contributed by atoms with Crippen molar-refractivity contribution in [2.75, 3.05) is 26.1 Å². The van der Waals surface area contributed by atoms with E-state index in [-0.39, 0.29) is 24.4 Å². The lowest BCUT2D eigenvalue weighted by Crippen LogP contribution is -2.21. The number of ether oxygens (including phenoxy) is 4. The maximum absolute atomic E-state index is 13.1. The van der Waals surface area contributed by atoms with Gasteiger partial charge in [0.05, 0.1) is 20.3 Å². The number of esters is 1. The molecule has 0 saturated heterocycles. The predicted octanol–water partition coefficient (Wildman–Crippen LogP) is 5.12. The van der Waals surface area contributed by atoms with Gasteiger partial charge in [-0.25, -0.2) is 4.79 Å². The van der Waals surface area contributed by atoms with Gasteiger partial charge in [0.2, 0.25) is 0 Å². The molecule has 1 atom stereocenters. The van der Waals surface area contributed by atoms with Crippen LogP contribution in [0.25, 0.3) is 0 Å². The highest BCUT2D eigenvalue weighted by Gasteiger charge is 2.23. The van der Waals surface area contributed by atoms with Gasteiger partial charge in [0, 0.05) is 24.6 Å². The summed E-state index contributed by atoms with van der Waals surface area (Å²) < 4.78 is 22.1. The molecule has 0 spiro atoms. The Labute approximate surface area is 212 Å². The number of fused-ring (bicyclic) bond motifs is 1. The van der Waals surface area contributed by atoms with Crippen molar-refractivity contribution in [2.45, 2.75) is 64.4 Å². The third-order valence-corrected chi connectivity index (χ3v) is 6.10. The van der Waals surface area contributed by atoms with Gasteiger partial charge in [-0.1, -0.05) is 6.42 Å². The van der Waals surface area contributed by atoms with Gasteiger partial charge < -0.3 is 24.3 Å². The van der Waals surface area contributed by atoms with E-state index < -0.39 is 5.97 Å². The van der Waals surface area contributed by atoms with E-state index in [4.69, 9.17) is 18.9 Å². The normalized spacial score (nSPS) is 17.2. The van der Waals surface area contributed by atoms with Crippen molar-refractivity contribution < 1.29 is 33.3 Å². The molecule has 1 N–H and O–H groups in total. The van der Waals surface area contributed by atoms with E-state index in [1.165, 1.54) is 7.11 Å². The van der Waals surface area contributed by atoms with Gasteiger partial charge in [0.25, 0.3) is 5.91 Å². The Morgan fingerprint density at radius 3 is 2.39 bits per heavy atom. The Hall–Kier alpha value is -3.55. The molecule has 0 radical (unpaired) electrons. The number of nitrogens with one attached hydrogen (secondary N) is 1. The lowest BCUT2D eigenvalue weighted by atomic mass is 9.98. The second kappa shape index (κ2) is 13.5. The predicted molar refractivity (Wildman–Crippen MR) is 136 cm³/mol. The van der Waals surface area contributed by atoms with E-state index >= 15 is 0 Å². The summed E-state index contributed by atoms with van der Waals surface area (Å²) in [7, 11) is 3.07. The molecule has 1 amide bonds. The summed E-state index contributed by atoms with van der Waals surface area (Å²) in [5.41, 5.74) is 1.74. The summed E-state index contributed by atoms with van der Waals surface area (Å²) in [5.74, 6) is 0.945. The van der Waals surface area contributed by atoms with E-state index in [0.717, 1.165) is 24.8 Å². The van der Waals surface area contributed by atoms with Crippen LogP contribution in [0.3, 0.4) is 0 Å². The first kappa shape index (κ1) is 27.0. The molecule has 8 nitrogen and oxygen atoms in total. The molecule has 0 saturated carbocycles. The van der Waals surface area contributed by atoms with E-state index in [9.17, 15) is 14.4 Å². The number of anilines is 1. The molecule has 0 aromatic heterocycles. The Bertz CT molecular complexity index is 1050. The molecule has 36 heavy (non-hydrogen) atoms. The quantitative estimate of drug-likeness (QED) is 0.553. The largest absolute Gasteiger partial charge is 0.497 e. The highest BCUT2D eigenvalue weighted by Crippen LogP contribution is 2.32. The molecule has 0 aliphatic carbocycles. The number of cyclic esters (lactones) is 1. The first-order chi connectivity index (χ1) is 17.4. The molecule has 2 aromatic carbocycles. The third-order valence-electron chi connectivity index (χ3n) is 6.10. The lowest BCUT2D eigenvalue weighted by molar-refractivity contribution is -0.119. The van der Waals surface area contributed by atoms with Crippen molar-refractivity contribution in [3.63, 3.8) is 0 Å². The number of carbonyl (C=O) groups excluding carboxylic acids is 3. The Morgan fingerprint density at radius 2 is 1.67 bits per heavy atom. The zero-order chi connectivity index (χ0) is 25.9. The van der Waals surface area contributed by atoms with Crippen LogP contribution in [0.4, 0.5) is 5.69 Å². The minimum atomic E-state index is -0.457. The molecule has 1 heterocycles. The van der Waals surface area contributed by atoms with Gasteiger partial charge in [-0.05, 0) is 74.9 Å². The van der Waals surface area contributed by atoms with Crippen molar-refractivity contribution in [3.05, 3.63) is 47.5 Å². The lowest BCUT2D eigenvalue weighted by Gasteiger charge is -2.19. The fourth-order valence-corrected chi connectivity index (χ4v) is 4.17. The van der Waals surface area contributed by atoms with Crippen LogP contribution in [0.5, 0.6) is 17.2 Å². The van der Waals surface area contributed by atoms with Crippen LogP contribution in [-0.4, -0.2) is 44.6 Å².